The second kappa shape index (κ2) is 9.60. The third-order valence-corrected chi connectivity index (χ3v) is 8.80. The molecule has 0 aromatic rings. The predicted octanol–water partition coefficient (Wildman–Crippen LogP) is 6.47. The molecule has 0 fully saturated rings. The fourth-order valence-corrected chi connectivity index (χ4v) is 2.64. The summed E-state index contributed by atoms with van der Waals surface area (Å²) in [6.07, 6.45) is 9.60. The molecule has 0 spiro atoms. The summed E-state index contributed by atoms with van der Waals surface area (Å²) in [7, 11) is -1.61. The van der Waals surface area contributed by atoms with Crippen LogP contribution in [0.15, 0.2) is 17.4 Å². The minimum Gasteiger partial charge on any atom is -0.413 e. The third-order valence-electron chi connectivity index (χ3n) is 4.30. The Morgan fingerprint density at radius 1 is 1.05 bits per heavy atom. The summed E-state index contributed by atoms with van der Waals surface area (Å²) in [6.45, 7) is 16.7. The van der Waals surface area contributed by atoms with Gasteiger partial charge >= 0.3 is 0 Å². The number of hydrogen-bond donors (Lipinski definition) is 0. The zero-order chi connectivity index (χ0) is 15.6. The van der Waals surface area contributed by atoms with Crippen molar-refractivity contribution in [1.29, 1.82) is 0 Å². The second-order valence-electron chi connectivity index (χ2n) is 7.23. The smallest absolute Gasteiger partial charge is 0.192 e. The number of unbranched alkanes of at least 4 members (excludes halogenated alkanes) is 2. The van der Waals surface area contributed by atoms with Gasteiger partial charge in [0.25, 0.3) is 0 Å². The first kappa shape index (κ1) is 19.7. The van der Waals surface area contributed by atoms with Gasteiger partial charge in [0.2, 0.25) is 0 Å². The minimum atomic E-state index is -1.61. The van der Waals surface area contributed by atoms with E-state index in [0.29, 0.717) is 0 Å². The van der Waals surface area contributed by atoms with E-state index in [1.807, 2.05) is 0 Å². The van der Waals surface area contributed by atoms with Gasteiger partial charge < -0.3 is 4.43 Å². The van der Waals surface area contributed by atoms with E-state index in [4.69, 9.17) is 4.43 Å². The molecule has 118 valence electrons. The Labute approximate surface area is 128 Å². The lowest BCUT2D eigenvalue weighted by atomic mass is 10.0. The van der Waals surface area contributed by atoms with Crippen LogP contribution in [0.5, 0.6) is 0 Å². The van der Waals surface area contributed by atoms with Gasteiger partial charge in [-0.05, 0) is 55.5 Å². The average Bonchev–Trinajstić information content (AvgIpc) is 2.35. The molecule has 20 heavy (non-hydrogen) atoms. The van der Waals surface area contributed by atoms with Crippen LogP contribution >= 0.6 is 0 Å². The van der Waals surface area contributed by atoms with Crippen molar-refractivity contribution in [1.82, 2.24) is 0 Å². The van der Waals surface area contributed by atoms with Gasteiger partial charge in [0.1, 0.15) is 0 Å². The van der Waals surface area contributed by atoms with Crippen molar-refractivity contribution in [2.24, 2.45) is 0 Å². The quantitative estimate of drug-likeness (QED) is 0.350. The van der Waals surface area contributed by atoms with Gasteiger partial charge in [0.15, 0.2) is 8.32 Å². The molecule has 0 saturated heterocycles. The molecule has 0 rings (SSSR count). The van der Waals surface area contributed by atoms with E-state index in [1.54, 1.807) is 0 Å². The zero-order valence-corrected chi connectivity index (χ0v) is 15.9. The molecule has 0 unspecified atom stereocenters. The molecule has 0 aliphatic heterocycles. The van der Waals surface area contributed by atoms with Gasteiger partial charge in [-0.3, -0.25) is 0 Å². The fraction of sp³-hybridized carbons (Fsp3) is 0.833. The van der Waals surface area contributed by atoms with E-state index in [9.17, 15) is 0 Å². The first-order chi connectivity index (χ1) is 9.24. The Balaban J connectivity index is 4.49. The summed E-state index contributed by atoms with van der Waals surface area (Å²) in [6, 6.07) is 0. The molecule has 1 nitrogen and oxygen atoms in total. The van der Waals surface area contributed by atoms with E-state index in [-0.39, 0.29) is 5.04 Å². The maximum Gasteiger partial charge on any atom is 0.192 e. The molecule has 0 aliphatic rings. The summed E-state index contributed by atoms with van der Waals surface area (Å²) < 4.78 is 6.16. The highest BCUT2D eigenvalue weighted by Gasteiger charge is 2.36. The Kier molecular flexibility index (Phi) is 9.45. The third kappa shape index (κ3) is 8.09. The minimum absolute atomic E-state index is 0.289. The highest BCUT2D eigenvalue weighted by atomic mass is 28.4. The lowest BCUT2D eigenvalue weighted by Gasteiger charge is -2.35. The van der Waals surface area contributed by atoms with Gasteiger partial charge in [0.05, 0.1) is 6.61 Å². The largest absolute Gasteiger partial charge is 0.413 e. The molecule has 0 saturated carbocycles. The summed E-state index contributed by atoms with van der Waals surface area (Å²) >= 11 is 0. The van der Waals surface area contributed by atoms with Crippen LogP contribution < -0.4 is 0 Å². The molecule has 0 aromatic carbocycles. The average molecular weight is 297 g/mol. The van der Waals surface area contributed by atoms with Gasteiger partial charge in [0, 0.05) is 0 Å². The fourth-order valence-electron chi connectivity index (χ4n) is 1.70. The maximum absolute atomic E-state index is 6.16. The van der Waals surface area contributed by atoms with Crippen LogP contribution in [-0.4, -0.2) is 14.9 Å². The van der Waals surface area contributed by atoms with Crippen LogP contribution in [-0.2, 0) is 4.43 Å². The van der Waals surface area contributed by atoms with Crippen LogP contribution in [0.25, 0.3) is 0 Å². The van der Waals surface area contributed by atoms with Crippen molar-refractivity contribution in [3.63, 3.8) is 0 Å². The standard InChI is InChI=1S/C18H36OSi/c1-8-10-13-17(14-11-9-2)15-12-16-19-20(6,7)18(3,4)5/h12H,8-11,13-14,16H2,1-7H3. The van der Waals surface area contributed by atoms with E-state index in [1.165, 1.54) is 44.1 Å². The maximum atomic E-state index is 6.16. The first-order valence-corrected chi connectivity index (χ1v) is 11.2. The SMILES string of the molecule is CCCCC(=C=CCO[Si](C)(C)C(C)(C)C)CCCC. The summed E-state index contributed by atoms with van der Waals surface area (Å²) in [5.74, 6) is 0. The van der Waals surface area contributed by atoms with Gasteiger partial charge in [-0.1, -0.05) is 47.5 Å². The van der Waals surface area contributed by atoms with Gasteiger partial charge in [-0.15, -0.1) is 5.73 Å². The van der Waals surface area contributed by atoms with Crippen molar-refractivity contribution in [2.45, 2.75) is 91.3 Å². The van der Waals surface area contributed by atoms with Crippen LogP contribution in [0.2, 0.25) is 18.1 Å². The monoisotopic (exact) mass is 296 g/mol. The van der Waals surface area contributed by atoms with Crippen LogP contribution in [0.4, 0.5) is 0 Å². The summed E-state index contributed by atoms with van der Waals surface area (Å²) in [5.41, 5.74) is 4.98. The Morgan fingerprint density at radius 2 is 1.55 bits per heavy atom. The molecule has 2 heteroatoms. The highest BCUT2D eigenvalue weighted by molar-refractivity contribution is 6.74. The molecule has 0 aromatic heterocycles. The van der Waals surface area contributed by atoms with E-state index < -0.39 is 8.32 Å². The number of rotatable bonds is 9. The second-order valence-corrected chi connectivity index (χ2v) is 12.0. The van der Waals surface area contributed by atoms with Crippen LogP contribution in [0.3, 0.4) is 0 Å². The molecule has 0 bridgehead atoms. The van der Waals surface area contributed by atoms with Gasteiger partial charge in [-0.2, -0.15) is 0 Å². The summed E-state index contributed by atoms with van der Waals surface area (Å²) in [5, 5.41) is 0.289. The van der Waals surface area contributed by atoms with Crippen molar-refractivity contribution >= 4 is 8.32 Å². The molecule has 0 N–H and O–H groups in total. The van der Waals surface area contributed by atoms with E-state index in [0.717, 1.165) is 6.61 Å². The van der Waals surface area contributed by atoms with Crippen LogP contribution in [0, 0.1) is 0 Å². The molecular weight excluding hydrogens is 260 g/mol. The van der Waals surface area contributed by atoms with Crippen molar-refractivity contribution in [3.8, 4) is 0 Å². The molecular formula is C18H36OSi. The number of hydrogen-bond acceptors (Lipinski definition) is 1. The predicted molar refractivity (Wildman–Crippen MR) is 93.8 cm³/mol. The van der Waals surface area contributed by atoms with Crippen molar-refractivity contribution < 1.29 is 4.43 Å². The summed E-state index contributed by atoms with van der Waals surface area (Å²) in [4.78, 5) is 0. The molecule has 0 amide bonds. The lowest BCUT2D eigenvalue weighted by molar-refractivity contribution is 0.328. The topological polar surface area (TPSA) is 9.23 Å². The molecule has 0 aliphatic carbocycles. The van der Waals surface area contributed by atoms with Crippen molar-refractivity contribution in [2.75, 3.05) is 6.61 Å². The highest BCUT2D eigenvalue weighted by Crippen LogP contribution is 2.36. The van der Waals surface area contributed by atoms with Gasteiger partial charge in [-0.25, -0.2) is 0 Å². The molecule has 0 radical (unpaired) electrons. The van der Waals surface area contributed by atoms with Crippen LogP contribution in [0.1, 0.15) is 73.1 Å². The molecule has 0 atom stereocenters. The zero-order valence-electron chi connectivity index (χ0n) is 14.9. The van der Waals surface area contributed by atoms with E-state index >= 15 is 0 Å². The Morgan fingerprint density at radius 3 is 1.95 bits per heavy atom. The normalized spacial score (nSPS) is 12.2. The lowest BCUT2D eigenvalue weighted by Crippen LogP contribution is -2.40. The first-order valence-electron chi connectivity index (χ1n) is 8.31. The Hall–Kier alpha value is -0.303. The molecule has 0 heterocycles. The van der Waals surface area contributed by atoms with Crippen molar-refractivity contribution in [3.05, 3.63) is 17.4 Å². The Bertz CT molecular complexity index is 307. The van der Waals surface area contributed by atoms with E-state index in [2.05, 4.69) is 59.5 Å².